The fourth-order valence-corrected chi connectivity index (χ4v) is 2.22. The number of oxazole rings is 1. The number of aliphatic hydroxyl groups is 1. The van der Waals surface area contributed by atoms with E-state index in [9.17, 15) is 9.90 Å². The van der Waals surface area contributed by atoms with Crippen LogP contribution >= 0.6 is 0 Å². The third kappa shape index (κ3) is 3.35. The van der Waals surface area contributed by atoms with Crippen molar-refractivity contribution < 1.29 is 18.7 Å². The Labute approximate surface area is 132 Å². The summed E-state index contributed by atoms with van der Waals surface area (Å²) in [6, 6.07) is 8.08. The van der Waals surface area contributed by atoms with E-state index in [-0.39, 0.29) is 6.54 Å². The van der Waals surface area contributed by atoms with Gasteiger partial charge in [-0.2, -0.15) is 0 Å². The summed E-state index contributed by atoms with van der Waals surface area (Å²) >= 11 is 0. The smallest absolute Gasteiger partial charge is 0.319 e. The van der Waals surface area contributed by atoms with Gasteiger partial charge in [-0.1, -0.05) is 0 Å². The molecule has 0 aliphatic heterocycles. The van der Waals surface area contributed by atoms with Gasteiger partial charge < -0.3 is 24.6 Å². The average Bonchev–Trinajstić information content (AvgIpc) is 3.13. The van der Waals surface area contributed by atoms with E-state index in [2.05, 4.69) is 15.6 Å². The predicted octanol–water partition coefficient (Wildman–Crippen LogP) is 2.76. The monoisotopic (exact) mass is 315 g/mol. The van der Waals surface area contributed by atoms with Gasteiger partial charge in [0, 0.05) is 12.6 Å². The summed E-state index contributed by atoms with van der Waals surface area (Å²) in [5.74, 6) is 0.952. The van der Waals surface area contributed by atoms with Gasteiger partial charge in [0.1, 0.15) is 16.9 Å². The normalized spacial score (nSPS) is 13.7. The maximum atomic E-state index is 12.0. The van der Waals surface area contributed by atoms with Crippen LogP contribution < -0.4 is 10.6 Å². The van der Waals surface area contributed by atoms with Crippen LogP contribution in [-0.4, -0.2) is 22.7 Å². The van der Waals surface area contributed by atoms with Crippen molar-refractivity contribution in [1.82, 2.24) is 10.3 Å². The van der Waals surface area contributed by atoms with Crippen LogP contribution in [0.1, 0.15) is 18.6 Å². The number of carbonyl (C=O) groups excluding carboxylic acids is 1. The number of amides is 2. The minimum atomic E-state index is -1.28. The quantitative estimate of drug-likeness (QED) is 0.687. The molecule has 3 rings (SSSR count). The van der Waals surface area contributed by atoms with Crippen LogP contribution in [0.5, 0.6) is 0 Å². The predicted molar refractivity (Wildman–Crippen MR) is 84.0 cm³/mol. The number of nitrogens with one attached hydrogen (secondary N) is 2. The van der Waals surface area contributed by atoms with E-state index in [1.807, 2.05) is 0 Å². The molecular weight excluding hydrogens is 298 g/mol. The lowest BCUT2D eigenvalue weighted by molar-refractivity contribution is 0.0372. The molecule has 120 valence electrons. The van der Waals surface area contributed by atoms with Crippen molar-refractivity contribution in [2.75, 3.05) is 11.9 Å². The van der Waals surface area contributed by atoms with Crippen molar-refractivity contribution in [3.63, 3.8) is 0 Å². The highest BCUT2D eigenvalue weighted by atomic mass is 16.4. The van der Waals surface area contributed by atoms with E-state index < -0.39 is 11.6 Å². The number of anilines is 1. The second-order valence-electron chi connectivity index (χ2n) is 5.47. The third-order valence-corrected chi connectivity index (χ3v) is 3.40. The number of hydrogen-bond acceptors (Lipinski definition) is 5. The molecule has 0 fully saturated rings. The largest absolute Gasteiger partial charge is 0.466 e. The number of fused-ring (bicyclic) bond motifs is 1. The van der Waals surface area contributed by atoms with Crippen LogP contribution in [0.2, 0.25) is 0 Å². The van der Waals surface area contributed by atoms with Crippen molar-refractivity contribution >= 4 is 22.8 Å². The average molecular weight is 315 g/mol. The van der Waals surface area contributed by atoms with Crippen LogP contribution in [0, 0.1) is 6.92 Å². The molecule has 2 heterocycles. The number of benzene rings is 1. The highest BCUT2D eigenvalue weighted by molar-refractivity contribution is 5.91. The number of urea groups is 1. The molecule has 0 saturated heterocycles. The summed E-state index contributed by atoms with van der Waals surface area (Å²) in [6.45, 7) is 3.34. The Hall–Kier alpha value is -2.80. The zero-order valence-electron chi connectivity index (χ0n) is 12.8. The lowest BCUT2D eigenvalue weighted by Gasteiger charge is -2.21. The van der Waals surface area contributed by atoms with Gasteiger partial charge in [0.2, 0.25) is 0 Å². The first-order valence-electron chi connectivity index (χ1n) is 7.12. The molecule has 7 nitrogen and oxygen atoms in total. The number of aromatic nitrogens is 1. The van der Waals surface area contributed by atoms with Crippen molar-refractivity contribution in [3.8, 4) is 0 Å². The fraction of sp³-hybridized carbons (Fsp3) is 0.250. The minimum Gasteiger partial charge on any atom is -0.466 e. The summed E-state index contributed by atoms with van der Waals surface area (Å²) in [5.41, 5.74) is 0.631. The van der Waals surface area contributed by atoms with Gasteiger partial charge in [0.15, 0.2) is 11.5 Å². The zero-order valence-corrected chi connectivity index (χ0v) is 12.8. The van der Waals surface area contributed by atoms with Crippen molar-refractivity contribution in [2.45, 2.75) is 19.4 Å². The van der Waals surface area contributed by atoms with Gasteiger partial charge in [-0.25, -0.2) is 9.78 Å². The molecule has 0 spiro atoms. The second kappa shape index (κ2) is 5.77. The number of rotatable bonds is 4. The van der Waals surface area contributed by atoms with Gasteiger partial charge in [-0.05, 0) is 37.3 Å². The molecule has 0 bridgehead atoms. The van der Waals surface area contributed by atoms with Crippen LogP contribution in [-0.2, 0) is 5.60 Å². The van der Waals surface area contributed by atoms with Gasteiger partial charge in [0.05, 0.1) is 12.8 Å². The number of aryl methyl sites for hydroxylation is 1. The lowest BCUT2D eigenvalue weighted by Crippen LogP contribution is -2.40. The highest BCUT2D eigenvalue weighted by Gasteiger charge is 2.26. The van der Waals surface area contributed by atoms with E-state index in [1.54, 1.807) is 44.2 Å². The molecular formula is C16H17N3O4. The highest BCUT2D eigenvalue weighted by Crippen LogP contribution is 2.21. The van der Waals surface area contributed by atoms with Gasteiger partial charge >= 0.3 is 6.03 Å². The van der Waals surface area contributed by atoms with Gasteiger partial charge in [0.25, 0.3) is 0 Å². The summed E-state index contributed by atoms with van der Waals surface area (Å²) < 4.78 is 10.5. The lowest BCUT2D eigenvalue weighted by atomic mass is 10.0. The molecule has 2 amide bonds. The second-order valence-corrected chi connectivity index (χ2v) is 5.47. The minimum absolute atomic E-state index is 0.0116. The van der Waals surface area contributed by atoms with Crippen LogP contribution in [0.4, 0.5) is 10.5 Å². The maximum absolute atomic E-state index is 12.0. The third-order valence-electron chi connectivity index (χ3n) is 3.40. The molecule has 1 unspecified atom stereocenters. The molecule has 3 aromatic rings. The van der Waals surface area contributed by atoms with E-state index >= 15 is 0 Å². The zero-order chi connectivity index (χ0) is 16.4. The first-order valence-corrected chi connectivity index (χ1v) is 7.12. The molecule has 1 aromatic carbocycles. The molecule has 7 heteroatoms. The maximum Gasteiger partial charge on any atom is 0.319 e. The Balaban J connectivity index is 1.62. The summed E-state index contributed by atoms with van der Waals surface area (Å²) in [6.07, 6.45) is 1.47. The Morgan fingerprint density at radius 2 is 2.22 bits per heavy atom. The number of furan rings is 1. The Kier molecular flexibility index (Phi) is 3.79. The van der Waals surface area contributed by atoms with Crippen molar-refractivity contribution in [3.05, 3.63) is 48.2 Å². The van der Waals surface area contributed by atoms with Gasteiger partial charge in [-0.3, -0.25) is 0 Å². The standard InChI is InChI=1S/C16H17N3O4/c1-10-18-12-8-11(5-6-13(12)23-10)19-15(20)17-9-16(2,21)14-4-3-7-22-14/h3-8,21H,9H2,1-2H3,(H2,17,19,20). The van der Waals surface area contributed by atoms with Crippen molar-refractivity contribution in [2.24, 2.45) is 0 Å². The molecule has 23 heavy (non-hydrogen) atoms. The topological polar surface area (TPSA) is 101 Å². The number of hydrogen-bond donors (Lipinski definition) is 3. The molecule has 3 N–H and O–H groups in total. The Morgan fingerprint density at radius 1 is 1.39 bits per heavy atom. The van der Waals surface area contributed by atoms with E-state index in [0.29, 0.717) is 28.4 Å². The fourth-order valence-electron chi connectivity index (χ4n) is 2.22. The van der Waals surface area contributed by atoms with E-state index in [0.717, 1.165) is 0 Å². The molecule has 0 saturated carbocycles. The van der Waals surface area contributed by atoms with E-state index in [1.165, 1.54) is 6.26 Å². The van der Waals surface area contributed by atoms with Crippen LogP contribution in [0.15, 0.2) is 45.4 Å². The summed E-state index contributed by atoms with van der Waals surface area (Å²) in [5, 5.41) is 15.6. The van der Waals surface area contributed by atoms with Gasteiger partial charge in [-0.15, -0.1) is 0 Å². The molecule has 0 aliphatic carbocycles. The molecule has 0 aliphatic rings. The summed E-state index contributed by atoms with van der Waals surface area (Å²) in [4.78, 5) is 16.2. The molecule has 2 aromatic heterocycles. The molecule has 0 radical (unpaired) electrons. The SMILES string of the molecule is Cc1nc2cc(NC(=O)NCC(C)(O)c3ccco3)ccc2o1. The number of carbonyl (C=O) groups is 1. The first kappa shape index (κ1) is 15.1. The summed E-state index contributed by atoms with van der Waals surface area (Å²) in [7, 11) is 0. The first-order chi connectivity index (χ1) is 10.9. The van der Waals surface area contributed by atoms with E-state index in [4.69, 9.17) is 8.83 Å². The molecule has 1 atom stereocenters. The van der Waals surface area contributed by atoms with Crippen LogP contribution in [0.3, 0.4) is 0 Å². The number of nitrogens with zero attached hydrogens (tertiary/aromatic N) is 1. The Bertz CT molecular complexity index is 821. The van der Waals surface area contributed by atoms with Crippen molar-refractivity contribution in [1.29, 1.82) is 0 Å². The van der Waals surface area contributed by atoms with Crippen LogP contribution in [0.25, 0.3) is 11.1 Å². The Morgan fingerprint density at radius 3 is 2.96 bits per heavy atom.